The Kier molecular flexibility index (Phi) is 4.31. The van der Waals surface area contributed by atoms with Crippen LogP contribution in [0.4, 0.5) is 0 Å². The average molecular weight is 232 g/mol. The lowest BCUT2D eigenvalue weighted by atomic mass is 9.97. The molecule has 0 radical (unpaired) electrons. The third-order valence-corrected chi connectivity index (χ3v) is 2.52. The first-order valence-corrected chi connectivity index (χ1v) is 5.73. The number of hydrogen-bond acceptors (Lipinski definition) is 5. The van der Waals surface area contributed by atoms with Gasteiger partial charge in [0.1, 0.15) is 6.10 Å². The molecule has 1 rings (SSSR count). The molecule has 2 unspecified atom stereocenters. The van der Waals surface area contributed by atoms with Crippen LogP contribution in [0.5, 0.6) is 0 Å². The molecule has 1 heterocycles. The monoisotopic (exact) mass is 232 g/mol. The summed E-state index contributed by atoms with van der Waals surface area (Å²) >= 11 is 0. The topological polar surface area (TPSA) is 90.7 Å². The molecule has 5 heteroatoms. The molecule has 0 aromatic heterocycles. The molecule has 16 heavy (non-hydrogen) atoms. The third-order valence-electron chi connectivity index (χ3n) is 2.52. The van der Waals surface area contributed by atoms with Gasteiger partial charge in [0.2, 0.25) is 0 Å². The molecule has 0 amide bonds. The Bertz CT molecular complexity index is 228. The van der Waals surface area contributed by atoms with E-state index in [1.807, 2.05) is 20.8 Å². The van der Waals surface area contributed by atoms with Crippen molar-refractivity contribution in [1.29, 1.82) is 0 Å². The first-order valence-electron chi connectivity index (χ1n) is 5.73. The van der Waals surface area contributed by atoms with Crippen LogP contribution in [0.1, 0.15) is 34.1 Å². The van der Waals surface area contributed by atoms with E-state index in [-0.39, 0.29) is 17.7 Å². The van der Waals surface area contributed by atoms with Gasteiger partial charge in [0.05, 0.1) is 17.7 Å². The van der Waals surface area contributed by atoms with Crippen LogP contribution in [0, 0.1) is 0 Å². The molecule has 5 N–H and O–H groups in total. The Labute approximate surface area is 97.1 Å². The standard InChI is InChI=1S/C11H24N2O3/c1-6(12)9-8(14)5-7(13)10(15-9)16-11(2,3)4/h6-10,14H,5,12-13H2,1-4H3/t6?,7-,8+,9?,10-/m1/s1. The van der Waals surface area contributed by atoms with Gasteiger partial charge in [-0.2, -0.15) is 0 Å². The second kappa shape index (κ2) is 4.98. The molecule has 0 aromatic carbocycles. The van der Waals surface area contributed by atoms with E-state index >= 15 is 0 Å². The smallest absolute Gasteiger partial charge is 0.173 e. The number of aliphatic hydroxyl groups is 1. The molecule has 1 fully saturated rings. The van der Waals surface area contributed by atoms with Crippen molar-refractivity contribution in [2.24, 2.45) is 11.5 Å². The van der Waals surface area contributed by atoms with Crippen LogP contribution in [0.25, 0.3) is 0 Å². The molecule has 0 aromatic rings. The summed E-state index contributed by atoms with van der Waals surface area (Å²) in [6, 6.07) is -0.558. The quantitative estimate of drug-likeness (QED) is 0.621. The normalized spacial score (nSPS) is 38.4. The van der Waals surface area contributed by atoms with E-state index in [0.717, 1.165) is 0 Å². The molecular formula is C11H24N2O3. The van der Waals surface area contributed by atoms with Crippen LogP contribution in [0.15, 0.2) is 0 Å². The lowest BCUT2D eigenvalue weighted by molar-refractivity contribution is -0.264. The van der Waals surface area contributed by atoms with Gasteiger partial charge < -0.3 is 26.0 Å². The Balaban J connectivity index is 2.64. The average Bonchev–Trinajstić information content (AvgIpc) is 2.07. The number of nitrogens with two attached hydrogens (primary N) is 2. The molecule has 0 saturated carbocycles. The molecule has 1 aliphatic rings. The maximum Gasteiger partial charge on any atom is 0.173 e. The van der Waals surface area contributed by atoms with Gasteiger partial charge in [-0.25, -0.2) is 0 Å². The van der Waals surface area contributed by atoms with Gasteiger partial charge in [0.15, 0.2) is 6.29 Å². The fraction of sp³-hybridized carbons (Fsp3) is 1.00. The van der Waals surface area contributed by atoms with Gasteiger partial charge in [-0.05, 0) is 34.1 Å². The zero-order valence-corrected chi connectivity index (χ0v) is 10.5. The van der Waals surface area contributed by atoms with Crippen molar-refractivity contribution in [2.45, 2.75) is 70.3 Å². The predicted molar refractivity (Wildman–Crippen MR) is 61.7 cm³/mol. The van der Waals surface area contributed by atoms with Crippen LogP contribution in [0.2, 0.25) is 0 Å². The minimum Gasteiger partial charge on any atom is -0.390 e. The number of ether oxygens (including phenoxy) is 2. The molecule has 0 aliphatic carbocycles. The van der Waals surface area contributed by atoms with Crippen molar-refractivity contribution in [1.82, 2.24) is 0 Å². The highest BCUT2D eigenvalue weighted by molar-refractivity contribution is 4.88. The fourth-order valence-corrected chi connectivity index (χ4v) is 1.81. The largest absolute Gasteiger partial charge is 0.390 e. The molecule has 1 aliphatic heterocycles. The predicted octanol–water partition coefficient (Wildman–Crippen LogP) is -0.0481. The molecular weight excluding hydrogens is 208 g/mol. The molecule has 1 saturated heterocycles. The summed E-state index contributed by atoms with van der Waals surface area (Å²) in [6.45, 7) is 7.62. The highest BCUT2D eigenvalue weighted by Gasteiger charge is 2.39. The van der Waals surface area contributed by atoms with Gasteiger partial charge in [0.25, 0.3) is 0 Å². The lowest BCUT2D eigenvalue weighted by Gasteiger charge is -2.41. The van der Waals surface area contributed by atoms with Crippen molar-refractivity contribution in [2.75, 3.05) is 0 Å². The summed E-state index contributed by atoms with van der Waals surface area (Å²) in [6.07, 6.45) is -1.08. The van der Waals surface area contributed by atoms with Crippen molar-refractivity contribution < 1.29 is 14.6 Å². The Morgan fingerprint density at radius 3 is 2.44 bits per heavy atom. The fourth-order valence-electron chi connectivity index (χ4n) is 1.81. The van der Waals surface area contributed by atoms with E-state index in [1.54, 1.807) is 6.92 Å². The van der Waals surface area contributed by atoms with Crippen LogP contribution in [0.3, 0.4) is 0 Å². The van der Waals surface area contributed by atoms with Gasteiger partial charge in [-0.1, -0.05) is 0 Å². The van der Waals surface area contributed by atoms with Gasteiger partial charge >= 0.3 is 0 Å². The van der Waals surface area contributed by atoms with Crippen LogP contribution in [-0.4, -0.2) is 41.3 Å². The van der Waals surface area contributed by atoms with Crippen molar-refractivity contribution >= 4 is 0 Å². The lowest BCUT2D eigenvalue weighted by Crippen LogP contribution is -2.58. The maximum absolute atomic E-state index is 9.79. The number of hydrogen-bond donors (Lipinski definition) is 3. The summed E-state index contributed by atoms with van der Waals surface area (Å²) in [5.74, 6) is 0. The maximum atomic E-state index is 9.79. The van der Waals surface area contributed by atoms with Crippen molar-refractivity contribution in [3.8, 4) is 0 Å². The SMILES string of the molecule is CC(N)C1O[C@H](OC(C)(C)C)[C@H](N)C[C@@H]1O. The van der Waals surface area contributed by atoms with E-state index in [2.05, 4.69) is 0 Å². The first-order chi connectivity index (χ1) is 7.20. The van der Waals surface area contributed by atoms with Gasteiger partial charge in [-0.15, -0.1) is 0 Å². The molecule has 96 valence electrons. The molecule has 5 nitrogen and oxygen atoms in total. The third kappa shape index (κ3) is 3.68. The minimum absolute atomic E-state index is 0.242. The highest BCUT2D eigenvalue weighted by atomic mass is 16.7. The van der Waals surface area contributed by atoms with E-state index in [1.165, 1.54) is 0 Å². The second-order valence-corrected chi connectivity index (χ2v) is 5.53. The summed E-state index contributed by atoms with van der Waals surface area (Å²) in [7, 11) is 0. The molecule has 0 bridgehead atoms. The highest BCUT2D eigenvalue weighted by Crippen LogP contribution is 2.24. The van der Waals surface area contributed by atoms with E-state index < -0.39 is 18.5 Å². The van der Waals surface area contributed by atoms with Gasteiger partial charge in [-0.3, -0.25) is 0 Å². The molecule has 5 atom stereocenters. The zero-order valence-electron chi connectivity index (χ0n) is 10.5. The summed E-state index contributed by atoms with van der Waals surface area (Å²) in [5, 5.41) is 9.79. The van der Waals surface area contributed by atoms with Crippen molar-refractivity contribution in [3.63, 3.8) is 0 Å². The zero-order chi connectivity index (χ0) is 12.5. The number of rotatable bonds is 2. The molecule has 0 spiro atoms. The summed E-state index contributed by atoms with van der Waals surface area (Å²) in [5.41, 5.74) is 11.3. The summed E-state index contributed by atoms with van der Waals surface area (Å²) in [4.78, 5) is 0. The minimum atomic E-state index is -0.616. The summed E-state index contributed by atoms with van der Waals surface area (Å²) < 4.78 is 11.3. The Morgan fingerprint density at radius 2 is 2.00 bits per heavy atom. The Hall–Kier alpha value is -0.200. The van der Waals surface area contributed by atoms with Gasteiger partial charge in [0, 0.05) is 6.04 Å². The Morgan fingerprint density at radius 1 is 1.44 bits per heavy atom. The van der Waals surface area contributed by atoms with E-state index in [0.29, 0.717) is 6.42 Å². The van der Waals surface area contributed by atoms with E-state index in [4.69, 9.17) is 20.9 Å². The first kappa shape index (κ1) is 13.9. The second-order valence-electron chi connectivity index (χ2n) is 5.53. The van der Waals surface area contributed by atoms with Crippen LogP contribution < -0.4 is 11.5 Å². The van der Waals surface area contributed by atoms with Crippen LogP contribution >= 0.6 is 0 Å². The van der Waals surface area contributed by atoms with E-state index in [9.17, 15) is 5.11 Å². The van der Waals surface area contributed by atoms with Crippen molar-refractivity contribution in [3.05, 3.63) is 0 Å². The van der Waals surface area contributed by atoms with Crippen LogP contribution in [-0.2, 0) is 9.47 Å². The number of aliphatic hydroxyl groups excluding tert-OH is 1.